The summed E-state index contributed by atoms with van der Waals surface area (Å²) in [6.07, 6.45) is 2.19. The van der Waals surface area contributed by atoms with E-state index in [1.165, 1.54) is 27.7 Å². The van der Waals surface area contributed by atoms with Gasteiger partial charge in [-0.1, -0.05) is 31.2 Å². The maximum Gasteiger partial charge on any atom is 0.119 e. The second-order valence-corrected chi connectivity index (χ2v) is 7.41. The third kappa shape index (κ3) is 3.12. The molecule has 1 atom stereocenters. The summed E-state index contributed by atoms with van der Waals surface area (Å²) in [7, 11) is 2.24. The molecule has 1 unspecified atom stereocenters. The topological polar surface area (TPSA) is 17.4 Å². The highest BCUT2D eigenvalue weighted by Gasteiger charge is 2.26. The zero-order chi connectivity index (χ0) is 18.1. The summed E-state index contributed by atoms with van der Waals surface area (Å²) in [6, 6.07) is 17.7. The summed E-state index contributed by atoms with van der Waals surface area (Å²) in [6.45, 7) is 7.17. The van der Waals surface area contributed by atoms with Crippen LogP contribution in [0.25, 0.3) is 10.9 Å². The highest BCUT2D eigenvalue weighted by atomic mass is 16.5. The third-order valence-electron chi connectivity index (χ3n) is 5.73. The van der Waals surface area contributed by atoms with Crippen LogP contribution >= 0.6 is 0 Å². The molecule has 0 radical (unpaired) electrons. The maximum atomic E-state index is 5.98. The Morgan fingerprint density at radius 1 is 1.12 bits per heavy atom. The van der Waals surface area contributed by atoms with Crippen molar-refractivity contribution in [1.29, 1.82) is 0 Å². The van der Waals surface area contributed by atoms with Crippen LogP contribution in [0.2, 0.25) is 0 Å². The van der Waals surface area contributed by atoms with E-state index in [1.54, 1.807) is 0 Å². The van der Waals surface area contributed by atoms with Gasteiger partial charge in [-0.3, -0.25) is 4.90 Å². The van der Waals surface area contributed by atoms with E-state index in [0.29, 0.717) is 12.6 Å². The lowest BCUT2D eigenvalue weighted by Gasteiger charge is -2.31. The molecule has 1 aromatic heterocycles. The minimum atomic E-state index is 0.575. The van der Waals surface area contributed by atoms with Gasteiger partial charge in [0.1, 0.15) is 12.4 Å². The average Bonchev–Trinajstić information content (AvgIpc) is 2.95. The second kappa shape index (κ2) is 7.16. The maximum absolute atomic E-state index is 5.98. The van der Waals surface area contributed by atoms with Crippen molar-refractivity contribution in [3.05, 3.63) is 65.4 Å². The van der Waals surface area contributed by atoms with Gasteiger partial charge in [-0.05, 0) is 55.8 Å². The molecule has 0 amide bonds. The number of hydrogen-bond donors (Lipinski definition) is 0. The van der Waals surface area contributed by atoms with Crippen LogP contribution in [0.15, 0.2) is 48.5 Å². The van der Waals surface area contributed by atoms with E-state index in [2.05, 4.69) is 48.6 Å². The predicted octanol–water partition coefficient (Wildman–Crippen LogP) is 4.66. The highest BCUT2D eigenvalue weighted by molar-refractivity contribution is 5.86. The molecule has 0 fully saturated rings. The van der Waals surface area contributed by atoms with E-state index in [1.807, 2.05) is 30.3 Å². The third-order valence-corrected chi connectivity index (χ3v) is 5.73. The lowest BCUT2D eigenvalue weighted by molar-refractivity contribution is 0.225. The van der Waals surface area contributed by atoms with Crippen LogP contribution in [0, 0.1) is 0 Å². The molecule has 0 saturated heterocycles. The van der Waals surface area contributed by atoms with Gasteiger partial charge < -0.3 is 9.30 Å². The van der Waals surface area contributed by atoms with E-state index in [0.717, 1.165) is 31.7 Å². The standard InChI is InChI=1S/C23H28N2O/c1-4-18-10-11-22-20(15-18)21-16-24(3)17(2)14-23(21)25(22)12-13-26-19-8-6-5-7-9-19/h5-11,15,17H,4,12-14,16H2,1-3H3. The molecule has 3 heteroatoms. The van der Waals surface area contributed by atoms with Crippen LogP contribution < -0.4 is 4.74 Å². The molecule has 26 heavy (non-hydrogen) atoms. The number of para-hydroxylation sites is 1. The van der Waals surface area contributed by atoms with Gasteiger partial charge in [0, 0.05) is 35.6 Å². The van der Waals surface area contributed by atoms with E-state index >= 15 is 0 Å². The van der Waals surface area contributed by atoms with Crippen LogP contribution in [0.3, 0.4) is 0 Å². The van der Waals surface area contributed by atoms with Gasteiger partial charge in [-0.2, -0.15) is 0 Å². The molecule has 3 aromatic rings. The molecule has 0 saturated carbocycles. The number of hydrogen-bond acceptors (Lipinski definition) is 2. The molecule has 0 aliphatic carbocycles. The fourth-order valence-corrected chi connectivity index (χ4v) is 4.02. The minimum absolute atomic E-state index is 0.575. The van der Waals surface area contributed by atoms with Crippen molar-refractivity contribution < 1.29 is 4.74 Å². The SMILES string of the molecule is CCc1ccc2c(c1)c1c(n2CCOc2ccccc2)CC(C)N(C)C1. The average molecular weight is 348 g/mol. The predicted molar refractivity (Wildman–Crippen MR) is 108 cm³/mol. The van der Waals surface area contributed by atoms with E-state index in [4.69, 9.17) is 4.74 Å². The summed E-state index contributed by atoms with van der Waals surface area (Å²) < 4.78 is 8.48. The minimum Gasteiger partial charge on any atom is -0.492 e. The lowest BCUT2D eigenvalue weighted by atomic mass is 9.99. The van der Waals surface area contributed by atoms with E-state index < -0.39 is 0 Å². The van der Waals surface area contributed by atoms with Crippen LogP contribution in [0.5, 0.6) is 5.75 Å². The zero-order valence-corrected chi connectivity index (χ0v) is 16.0. The Kier molecular flexibility index (Phi) is 4.73. The Labute approximate surface area is 156 Å². The molecule has 0 spiro atoms. The first-order valence-corrected chi connectivity index (χ1v) is 9.68. The molecule has 3 nitrogen and oxygen atoms in total. The summed E-state index contributed by atoms with van der Waals surface area (Å²) >= 11 is 0. The molecular weight excluding hydrogens is 320 g/mol. The molecule has 0 N–H and O–H groups in total. The molecule has 1 aliphatic heterocycles. The Balaban J connectivity index is 1.68. The van der Waals surface area contributed by atoms with Crippen LogP contribution in [0.4, 0.5) is 0 Å². The molecule has 1 aliphatic rings. The Morgan fingerprint density at radius 2 is 1.92 bits per heavy atom. The Bertz CT molecular complexity index is 897. The van der Waals surface area contributed by atoms with Crippen molar-refractivity contribution in [3.8, 4) is 5.75 Å². The highest BCUT2D eigenvalue weighted by Crippen LogP contribution is 2.33. The number of likely N-dealkylation sites (N-methyl/N-ethyl adjacent to an activating group) is 1. The number of aromatic nitrogens is 1. The number of aryl methyl sites for hydroxylation is 1. The molecule has 4 rings (SSSR count). The van der Waals surface area contributed by atoms with Crippen molar-refractivity contribution in [3.63, 3.8) is 0 Å². The molecular formula is C23H28N2O. The van der Waals surface area contributed by atoms with Gasteiger partial charge in [0.25, 0.3) is 0 Å². The molecule has 2 aromatic carbocycles. The second-order valence-electron chi connectivity index (χ2n) is 7.41. The van der Waals surface area contributed by atoms with E-state index in [9.17, 15) is 0 Å². The van der Waals surface area contributed by atoms with Crippen molar-refractivity contribution >= 4 is 10.9 Å². The van der Waals surface area contributed by atoms with Crippen molar-refractivity contribution in [2.45, 2.75) is 45.8 Å². The zero-order valence-electron chi connectivity index (χ0n) is 16.0. The normalized spacial score (nSPS) is 17.4. The number of fused-ring (bicyclic) bond motifs is 3. The molecule has 0 bridgehead atoms. The lowest BCUT2D eigenvalue weighted by Crippen LogP contribution is -2.35. The molecule has 2 heterocycles. The van der Waals surface area contributed by atoms with Crippen molar-refractivity contribution in [2.75, 3.05) is 13.7 Å². The summed E-state index contributed by atoms with van der Waals surface area (Å²) in [5.41, 5.74) is 5.77. The van der Waals surface area contributed by atoms with Crippen LogP contribution in [0.1, 0.15) is 30.7 Å². The first-order valence-electron chi connectivity index (χ1n) is 9.68. The van der Waals surface area contributed by atoms with Crippen molar-refractivity contribution in [1.82, 2.24) is 9.47 Å². The first-order chi connectivity index (χ1) is 12.7. The number of benzene rings is 2. The Hall–Kier alpha value is -2.26. The summed E-state index contributed by atoms with van der Waals surface area (Å²) in [5, 5.41) is 1.43. The van der Waals surface area contributed by atoms with Gasteiger partial charge >= 0.3 is 0 Å². The first kappa shape index (κ1) is 17.2. The number of nitrogens with zero attached hydrogens (tertiary/aromatic N) is 2. The summed E-state index contributed by atoms with van der Waals surface area (Å²) in [5.74, 6) is 0.944. The van der Waals surface area contributed by atoms with Gasteiger partial charge in [0.15, 0.2) is 0 Å². The van der Waals surface area contributed by atoms with Crippen LogP contribution in [-0.2, 0) is 25.9 Å². The van der Waals surface area contributed by atoms with Gasteiger partial charge in [0.05, 0.1) is 6.54 Å². The molecule has 136 valence electrons. The van der Waals surface area contributed by atoms with Gasteiger partial charge in [-0.15, -0.1) is 0 Å². The number of ether oxygens (including phenoxy) is 1. The van der Waals surface area contributed by atoms with Gasteiger partial charge in [0.2, 0.25) is 0 Å². The van der Waals surface area contributed by atoms with Gasteiger partial charge in [-0.25, -0.2) is 0 Å². The fourth-order valence-electron chi connectivity index (χ4n) is 4.02. The monoisotopic (exact) mass is 348 g/mol. The largest absolute Gasteiger partial charge is 0.492 e. The summed E-state index contributed by atoms with van der Waals surface area (Å²) in [4.78, 5) is 2.46. The van der Waals surface area contributed by atoms with Crippen LogP contribution in [-0.4, -0.2) is 29.2 Å². The Morgan fingerprint density at radius 3 is 2.69 bits per heavy atom. The quantitative estimate of drug-likeness (QED) is 0.667. The van der Waals surface area contributed by atoms with E-state index in [-0.39, 0.29) is 0 Å². The fraction of sp³-hybridized carbons (Fsp3) is 0.391. The smallest absolute Gasteiger partial charge is 0.119 e. The number of rotatable bonds is 5. The van der Waals surface area contributed by atoms with Crippen molar-refractivity contribution in [2.24, 2.45) is 0 Å².